The van der Waals surface area contributed by atoms with Crippen molar-refractivity contribution in [1.82, 2.24) is 10.1 Å². The summed E-state index contributed by atoms with van der Waals surface area (Å²) in [6.45, 7) is 4.50. The summed E-state index contributed by atoms with van der Waals surface area (Å²) in [5, 5.41) is 9.05. The SMILES string of the molecule is c1ccc(CN2CCC(CCc3noc4c5c(ccc34)NCC5)CC2)cc1. The second-order valence-corrected chi connectivity index (χ2v) is 8.02. The van der Waals surface area contributed by atoms with Crippen molar-refractivity contribution in [1.29, 1.82) is 0 Å². The number of hydrogen-bond acceptors (Lipinski definition) is 4. The van der Waals surface area contributed by atoms with Crippen molar-refractivity contribution >= 4 is 16.7 Å². The minimum absolute atomic E-state index is 0.805. The van der Waals surface area contributed by atoms with Gasteiger partial charge in [-0.25, -0.2) is 0 Å². The van der Waals surface area contributed by atoms with Gasteiger partial charge in [-0.05, 0) is 68.8 Å². The molecule has 2 aliphatic rings. The van der Waals surface area contributed by atoms with E-state index >= 15 is 0 Å². The molecule has 0 unspecified atom stereocenters. The first-order chi connectivity index (χ1) is 13.4. The van der Waals surface area contributed by atoms with Gasteiger partial charge in [0.05, 0.1) is 5.69 Å². The molecular weight excluding hydrogens is 334 g/mol. The molecule has 5 rings (SSSR count). The summed E-state index contributed by atoms with van der Waals surface area (Å²) in [7, 11) is 0. The fourth-order valence-electron chi connectivity index (χ4n) is 4.64. The number of nitrogens with one attached hydrogen (secondary N) is 1. The van der Waals surface area contributed by atoms with E-state index in [1.807, 2.05) is 0 Å². The van der Waals surface area contributed by atoms with Crippen molar-refractivity contribution in [2.45, 2.75) is 38.6 Å². The molecule has 1 N–H and O–H groups in total. The van der Waals surface area contributed by atoms with Crippen LogP contribution in [-0.4, -0.2) is 29.7 Å². The maximum Gasteiger partial charge on any atom is 0.172 e. The van der Waals surface area contributed by atoms with Gasteiger partial charge in [-0.3, -0.25) is 4.90 Å². The van der Waals surface area contributed by atoms with Crippen molar-refractivity contribution in [2.75, 3.05) is 25.0 Å². The molecule has 3 aromatic rings. The van der Waals surface area contributed by atoms with Crippen molar-refractivity contribution < 1.29 is 4.52 Å². The highest BCUT2D eigenvalue weighted by Gasteiger charge is 2.22. The number of likely N-dealkylation sites (tertiary alicyclic amines) is 1. The van der Waals surface area contributed by atoms with Crippen LogP contribution in [0.5, 0.6) is 0 Å². The van der Waals surface area contributed by atoms with Crippen molar-refractivity contribution in [3.8, 4) is 0 Å². The summed E-state index contributed by atoms with van der Waals surface area (Å²) in [6, 6.07) is 15.2. The van der Waals surface area contributed by atoms with Gasteiger partial charge in [-0.1, -0.05) is 35.5 Å². The topological polar surface area (TPSA) is 41.3 Å². The Kier molecular flexibility index (Phi) is 4.58. The van der Waals surface area contributed by atoms with Crippen molar-refractivity contribution in [2.24, 2.45) is 5.92 Å². The van der Waals surface area contributed by atoms with E-state index in [2.05, 4.69) is 57.8 Å². The zero-order valence-corrected chi connectivity index (χ0v) is 15.8. The summed E-state index contributed by atoms with van der Waals surface area (Å²) < 4.78 is 5.72. The quantitative estimate of drug-likeness (QED) is 0.719. The predicted molar refractivity (Wildman–Crippen MR) is 109 cm³/mol. The van der Waals surface area contributed by atoms with E-state index in [9.17, 15) is 0 Å². The van der Waals surface area contributed by atoms with Crippen molar-refractivity contribution in [3.63, 3.8) is 0 Å². The van der Waals surface area contributed by atoms with Crippen LogP contribution in [0.3, 0.4) is 0 Å². The predicted octanol–water partition coefficient (Wildman–Crippen LogP) is 4.64. The molecule has 0 atom stereocenters. The number of nitrogens with zero attached hydrogens (tertiary/aromatic N) is 2. The maximum atomic E-state index is 5.72. The summed E-state index contributed by atoms with van der Waals surface area (Å²) >= 11 is 0. The molecule has 3 heterocycles. The molecule has 0 spiro atoms. The van der Waals surface area contributed by atoms with Crippen molar-refractivity contribution in [3.05, 3.63) is 59.3 Å². The third kappa shape index (κ3) is 3.46. The highest BCUT2D eigenvalue weighted by molar-refractivity contribution is 5.88. The van der Waals surface area contributed by atoms with E-state index in [-0.39, 0.29) is 0 Å². The first kappa shape index (κ1) is 16.8. The van der Waals surface area contributed by atoms with E-state index in [0.717, 1.165) is 43.1 Å². The fraction of sp³-hybridized carbons (Fsp3) is 0.435. The largest absolute Gasteiger partial charge is 0.384 e. The molecule has 0 aliphatic carbocycles. The first-order valence-corrected chi connectivity index (χ1v) is 10.3. The molecule has 0 radical (unpaired) electrons. The third-order valence-electron chi connectivity index (χ3n) is 6.25. The zero-order valence-electron chi connectivity index (χ0n) is 15.8. The fourth-order valence-corrected chi connectivity index (χ4v) is 4.64. The van der Waals surface area contributed by atoms with Crippen LogP contribution in [0.25, 0.3) is 11.0 Å². The number of aryl methyl sites for hydroxylation is 1. The second kappa shape index (κ2) is 7.35. The van der Waals surface area contributed by atoms with E-state index in [1.165, 1.54) is 54.6 Å². The first-order valence-electron chi connectivity index (χ1n) is 10.3. The molecule has 1 fully saturated rings. The lowest BCUT2D eigenvalue weighted by molar-refractivity contribution is 0.172. The lowest BCUT2D eigenvalue weighted by atomic mass is 9.91. The van der Waals surface area contributed by atoms with Crippen LogP contribution < -0.4 is 5.32 Å². The number of fused-ring (bicyclic) bond motifs is 3. The Bertz CT molecular complexity index is 910. The van der Waals surface area contributed by atoms with Gasteiger partial charge >= 0.3 is 0 Å². The van der Waals surface area contributed by atoms with Gasteiger partial charge in [0, 0.05) is 29.7 Å². The standard InChI is InChI=1S/C23H27N3O/c1-2-4-18(5-3-1)16-26-14-11-17(12-15-26)6-8-22-19-7-9-21-20(10-13-24-21)23(19)27-25-22/h1-5,7,9,17,24H,6,8,10-16H2. The average Bonchev–Trinajstić information content (AvgIpc) is 3.34. The van der Waals surface area contributed by atoms with E-state index in [0.29, 0.717) is 0 Å². The van der Waals surface area contributed by atoms with E-state index in [4.69, 9.17) is 4.52 Å². The van der Waals surface area contributed by atoms with Gasteiger partial charge in [0.25, 0.3) is 0 Å². The molecule has 2 aromatic carbocycles. The molecule has 27 heavy (non-hydrogen) atoms. The molecule has 140 valence electrons. The Labute approximate surface area is 160 Å². The molecule has 1 aromatic heterocycles. The Morgan fingerprint density at radius 2 is 1.93 bits per heavy atom. The lowest BCUT2D eigenvalue weighted by Gasteiger charge is -2.31. The maximum absolute atomic E-state index is 5.72. The molecular formula is C23H27N3O. The smallest absolute Gasteiger partial charge is 0.172 e. The summed E-state index contributed by atoms with van der Waals surface area (Å²) in [4.78, 5) is 2.59. The number of aromatic nitrogens is 1. The van der Waals surface area contributed by atoms with Crippen LogP contribution in [0.15, 0.2) is 47.0 Å². The number of hydrogen-bond donors (Lipinski definition) is 1. The van der Waals surface area contributed by atoms with Gasteiger partial charge in [0.1, 0.15) is 0 Å². The lowest BCUT2D eigenvalue weighted by Crippen LogP contribution is -2.33. The summed E-state index contributed by atoms with van der Waals surface area (Å²) in [5.41, 5.74) is 6.10. The molecule has 2 aliphatic heterocycles. The molecule has 1 saturated heterocycles. The number of anilines is 1. The van der Waals surface area contributed by atoms with Crippen LogP contribution in [0.2, 0.25) is 0 Å². The Morgan fingerprint density at radius 3 is 2.78 bits per heavy atom. The van der Waals surface area contributed by atoms with E-state index < -0.39 is 0 Å². The monoisotopic (exact) mass is 361 g/mol. The Balaban J connectivity index is 1.17. The van der Waals surface area contributed by atoms with Gasteiger partial charge in [-0.2, -0.15) is 0 Å². The Morgan fingerprint density at radius 1 is 1.07 bits per heavy atom. The zero-order chi connectivity index (χ0) is 18.1. The number of piperidine rings is 1. The van der Waals surface area contributed by atoms with Gasteiger partial charge < -0.3 is 9.84 Å². The molecule has 0 saturated carbocycles. The molecule has 4 heteroatoms. The second-order valence-electron chi connectivity index (χ2n) is 8.02. The van der Waals surface area contributed by atoms with Gasteiger partial charge in [-0.15, -0.1) is 0 Å². The van der Waals surface area contributed by atoms with Crippen LogP contribution in [0.1, 0.15) is 36.1 Å². The van der Waals surface area contributed by atoms with Crippen LogP contribution in [0.4, 0.5) is 5.69 Å². The molecule has 0 amide bonds. The number of benzene rings is 2. The molecule has 4 nitrogen and oxygen atoms in total. The number of rotatable bonds is 5. The van der Waals surface area contributed by atoms with Gasteiger partial charge in [0.2, 0.25) is 0 Å². The van der Waals surface area contributed by atoms with E-state index in [1.54, 1.807) is 0 Å². The Hall–Kier alpha value is -2.33. The highest BCUT2D eigenvalue weighted by atomic mass is 16.5. The summed E-state index contributed by atoms with van der Waals surface area (Å²) in [5.74, 6) is 0.805. The van der Waals surface area contributed by atoms with Crippen LogP contribution in [-0.2, 0) is 19.4 Å². The molecule has 0 bridgehead atoms. The minimum Gasteiger partial charge on any atom is -0.384 e. The average molecular weight is 361 g/mol. The van der Waals surface area contributed by atoms with Crippen LogP contribution >= 0.6 is 0 Å². The highest BCUT2D eigenvalue weighted by Crippen LogP contribution is 2.33. The normalized spacial score (nSPS) is 17.9. The summed E-state index contributed by atoms with van der Waals surface area (Å²) in [6.07, 6.45) is 5.88. The minimum atomic E-state index is 0.805. The third-order valence-corrected chi connectivity index (χ3v) is 6.25. The van der Waals surface area contributed by atoms with Gasteiger partial charge in [0.15, 0.2) is 5.58 Å². The van der Waals surface area contributed by atoms with Crippen LogP contribution in [0, 0.1) is 5.92 Å².